The first-order valence-electron chi connectivity index (χ1n) is 11.7. The molecule has 0 N–H and O–H groups in total. The van der Waals surface area contributed by atoms with E-state index < -0.39 is 17.9 Å². The van der Waals surface area contributed by atoms with Gasteiger partial charge in [-0.2, -0.15) is 18.2 Å². The van der Waals surface area contributed by atoms with Gasteiger partial charge in [-0.3, -0.25) is 4.90 Å². The van der Waals surface area contributed by atoms with E-state index in [9.17, 15) is 18.0 Å². The number of amides is 1. The van der Waals surface area contributed by atoms with Crippen molar-refractivity contribution in [1.82, 2.24) is 14.9 Å². The Bertz CT molecular complexity index is 1240. The Morgan fingerprint density at radius 2 is 1.97 bits per heavy atom. The zero-order valence-electron chi connectivity index (χ0n) is 20.3. The third kappa shape index (κ3) is 4.63. The van der Waals surface area contributed by atoms with Crippen LogP contribution < -0.4 is 4.90 Å². The summed E-state index contributed by atoms with van der Waals surface area (Å²) >= 11 is 1.30. The topological polar surface area (TPSA) is 80.9 Å². The molecule has 2 bridgehead atoms. The molecule has 3 aliphatic rings. The molecule has 2 aromatic heterocycles. The molecule has 8 nitrogen and oxygen atoms in total. The van der Waals surface area contributed by atoms with Gasteiger partial charge >= 0.3 is 12.3 Å². The van der Waals surface area contributed by atoms with E-state index in [1.54, 1.807) is 16.5 Å². The lowest BCUT2D eigenvalue weighted by atomic mass is 9.88. The number of halogens is 3. The molecule has 1 amide bonds. The maximum absolute atomic E-state index is 13.8. The molecule has 6 rings (SSSR count). The van der Waals surface area contributed by atoms with Crippen LogP contribution in [0.15, 0.2) is 28.1 Å². The zero-order valence-corrected chi connectivity index (χ0v) is 21.2. The van der Waals surface area contributed by atoms with Gasteiger partial charge < -0.3 is 18.8 Å². The number of carbonyl (C=O) groups is 1. The number of benzene rings is 1. The summed E-state index contributed by atoms with van der Waals surface area (Å²) in [5.41, 5.74) is 0.456. The number of ether oxygens (including phenoxy) is 2. The Balaban J connectivity index is 1.47. The van der Waals surface area contributed by atoms with Gasteiger partial charge in [-0.15, -0.1) is 11.3 Å². The van der Waals surface area contributed by atoms with Crippen molar-refractivity contribution in [1.29, 1.82) is 0 Å². The van der Waals surface area contributed by atoms with Gasteiger partial charge in [0.1, 0.15) is 16.1 Å². The van der Waals surface area contributed by atoms with Crippen LogP contribution in [-0.4, -0.2) is 64.5 Å². The normalized spacial score (nSPS) is 21.0. The number of anilines is 1. The zero-order chi connectivity index (χ0) is 25.8. The van der Waals surface area contributed by atoms with Crippen molar-refractivity contribution in [2.45, 2.75) is 64.1 Å². The molecule has 3 saturated heterocycles. The van der Waals surface area contributed by atoms with Gasteiger partial charge in [-0.25, -0.2) is 9.78 Å². The molecule has 0 aliphatic carbocycles. The van der Waals surface area contributed by atoms with Crippen molar-refractivity contribution >= 4 is 34.5 Å². The Morgan fingerprint density at radius 3 is 2.56 bits per heavy atom. The molecule has 1 aromatic carbocycles. The second-order valence-corrected chi connectivity index (χ2v) is 10.9. The van der Waals surface area contributed by atoms with E-state index in [1.165, 1.54) is 30.4 Å². The van der Waals surface area contributed by atoms with E-state index in [4.69, 9.17) is 13.9 Å². The average molecular weight is 525 g/mol. The monoisotopic (exact) mass is 524 g/mol. The van der Waals surface area contributed by atoms with Gasteiger partial charge in [0, 0.05) is 31.3 Å². The fourth-order valence-corrected chi connectivity index (χ4v) is 5.42. The van der Waals surface area contributed by atoms with Crippen LogP contribution in [0.2, 0.25) is 0 Å². The van der Waals surface area contributed by atoms with Gasteiger partial charge in [0.05, 0.1) is 17.6 Å². The molecule has 0 spiro atoms. The lowest BCUT2D eigenvalue weighted by Crippen LogP contribution is -2.70. The number of carbonyl (C=O) groups excluding carboxylic acids is 1. The van der Waals surface area contributed by atoms with E-state index in [-0.39, 0.29) is 30.3 Å². The average Bonchev–Trinajstić information content (AvgIpc) is 3.44. The largest absolute Gasteiger partial charge is 0.444 e. The predicted octanol–water partition coefficient (Wildman–Crippen LogP) is 5.79. The van der Waals surface area contributed by atoms with Crippen molar-refractivity contribution in [3.05, 3.63) is 29.3 Å². The van der Waals surface area contributed by atoms with E-state index in [1.807, 2.05) is 25.7 Å². The lowest BCUT2D eigenvalue weighted by Gasteiger charge is -2.55. The maximum Gasteiger partial charge on any atom is 0.418 e. The number of alkyl halides is 3. The number of rotatable bonds is 5. The van der Waals surface area contributed by atoms with Crippen molar-refractivity contribution in [2.75, 3.05) is 24.6 Å². The van der Waals surface area contributed by atoms with E-state index in [2.05, 4.69) is 9.97 Å². The molecule has 3 atom stereocenters. The van der Waals surface area contributed by atoms with E-state index >= 15 is 0 Å². The maximum atomic E-state index is 13.8. The lowest BCUT2D eigenvalue weighted by molar-refractivity contribution is -0.222. The molecular formula is C24H27F3N4O4S. The standard InChI is InChI=1S/C24H27F3N4O4S/c1-5-33-19(24(25,26)27)13-8-16(20-28-6-7-36-20)18-17(9-13)29-21(34-18)30-11-14-10-15(12-30)31(14)22(32)35-23(2,3)4/h6-9,14-15,19H,5,10-12H2,1-4H3. The van der Waals surface area contributed by atoms with E-state index in [0.29, 0.717) is 40.8 Å². The molecule has 3 aliphatic heterocycles. The van der Waals surface area contributed by atoms with Crippen molar-refractivity contribution in [3.63, 3.8) is 0 Å². The third-order valence-corrected chi connectivity index (χ3v) is 6.97. The number of nitrogens with zero attached hydrogens (tertiary/aromatic N) is 4. The summed E-state index contributed by atoms with van der Waals surface area (Å²) in [6.45, 7) is 7.90. The fourth-order valence-electron chi connectivity index (χ4n) is 4.77. The SMILES string of the molecule is CCOC(c1cc(-c2nccs2)c2oc(N3CC4CC(C3)N4C(=O)OC(C)(C)C)nc2c1)C(F)(F)F. The van der Waals surface area contributed by atoms with Crippen LogP contribution in [0.25, 0.3) is 21.7 Å². The van der Waals surface area contributed by atoms with Gasteiger partial charge in [0.15, 0.2) is 11.7 Å². The number of aromatic nitrogens is 2. The van der Waals surface area contributed by atoms with Crippen LogP contribution in [-0.2, 0) is 9.47 Å². The number of oxazole rings is 1. The predicted molar refractivity (Wildman–Crippen MR) is 128 cm³/mol. The number of hydrogen-bond acceptors (Lipinski definition) is 8. The highest BCUT2D eigenvalue weighted by molar-refractivity contribution is 7.13. The summed E-state index contributed by atoms with van der Waals surface area (Å²) < 4.78 is 58.1. The number of piperazine rings is 1. The number of thiazole rings is 1. The second kappa shape index (κ2) is 8.91. The van der Waals surface area contributed by atoms with E-state index in [0.717, 1.165) is 6.42 Å². The number of fused-ring (bicyclic) bond motifs is 3. The first kappa shape index (κ1) is 24.8. The molecule has 3 fully saturated rings. The minimum absolute atomic E-state index is 0.0461. The molecule has 0 saturated carbocycles. The van der Waals surface area contributed by atoms with Crippen LogP contribution in [0.4, 0.5) is 24.0 Å². The van der Waals surface area contributed by atoms with Gasteiger partial charge in [0.25, 0.3) is 6.01 Å². The molecular weight excluding hydrogens is 497 g/mol. The molecule has 194 valence electrons. The molecule has 3 aromatic rings. The summed E-state index contributed by atoms with van der Waals surface area (Å²) in [6, 6.07) is 3.00. The highest BCUT2D eigenvalue weighted by Gasteiger charge is 2.50. The van der Waals surface area contributed by atoms with Crippen molar-refractivity contribution < 1.29 is 31.9 Å². The smallest absolute Gasteiger partial charge is 0.418 e. The van der Waals surface area contributed by atoms with Gasteiger partial charge in [-0.1, -0.05) is 0 Å². The Hall–Kier alpha value is -2.86. The first-order valence-corrected chi connectivity index (χ1v) is 12.6. The Labute approximate surface area is 210 Å². The molecule has 36 heavy (non-hydrogen) atoms. The second-order valence-electron chi connectivity index (χ2n) is 9.96. The number of hydrogen-bond donors (Lipinski definition) is 0. The highest BCUT2D eigenvalue weighted by atomic mass is 32.1. The van der Waals surface area contributed by atoms with Crippen LogP contribution in [0.5, 0.6) is 0 Å². The van der Waals surface area contributed by atoms with Gasteiger partial charge in [0.2, 0.25) is 0 Å². The van der Waals surface area contributed by atoms with Gasteiger partial charge in [-0.05, 0) is 51.8 Å². The van der Waals surface area contributed by atoms with Crippen LogP contribution in [0.1, 0.15) is 45.8 Å². The molecule has 5 heterocycles. The van der Waals surface area contributed by atoms with Crippen LogP contribution in [0.3, 0.4) is 0 Å². The fraction of sp³-hybridized carbons (Fsp3) is 0.542. The quantitative estimate of drug-likeness (QED) is 0.418. The molecule has 12 heteroatoms. The Morgan fingerprint density at radius 1 is 1.25 bits per heavy atom. The summed E-state index contributed by atoms with van der Waals surface area (Å²) in [7, 11) is 0. The summed E-state index contributed by atoms with van der Waals surface area (Å²) in [4.78, 5) is 25.1. The highest BCUT2D eigenvalue weighted by Crippen LogP contribution is 2.42. The number of piperidine rings is 1. The Kier molecular flexibility index (Phi) is 6.14. The molecule has 3 unspecified atom stereocenters. The molecule has 0 radical (unpaired) electrons. The van der Waals surface area contributed by atoms with Crippen LogP contribution >= 0.6 is 11.3 Å². The van der Waals surface area contributed by atoms with Crippen molar-refractivity contribution in [3.8, 4) is 10.6 Å². The summed E-state index contributed by atoms with van der Waals surface area (Å²) in [5, 5.41) is 2.28. The third-order valence-electron chi connectivity index (χ3n) is 6.17. The van der Waals surface area contributed by atoms with Crippen LogP contribution in [0, 0.1) is 0 Å². The first-order chi connectivity index (χ1) is 16.9. The summed E-state index contributed by atoms with van der Waals surface area (Å²) in [6.07, 6.45) is -4.58. The minimum Gasteiger partial charge on any atom is -0.444 e. The minimum atomic E-state index is -4.59. The van der Waals surface area contributed by atoms with Crippen molar-refractivity contribution in [2.24, 2.45) is 0 Å². The summed E-state index contributed by atoms with van der Waals surface area (Å²) in [5.74, 6) is 0.